The van der Waals surface area contributed by atoms with E-state index in [1.807, 2.05) is 57.2 Å². The van der Waals surface area contributed by atoms with Crippen LogP contribution in [0.1, 0.15) is 50.4 Å². The predicted molar refractivity (Wildman–Crippen MR) is 94.8 cm³/mol. The standard InChI is InChI=1S/C19H25N3O2/c1-14(2)19(23)18-11-6-8-16(21-18)9-7-13-24-22-15(3)17-10-4-5-12-20-17/h4-6,8,10-12,14,19,23H,7,9,13H2,1-3H3. The highest BCUT2D eigenvalue weighted by Gasteiger charge is 2.13. The third-order valence-electron chi connectivity index (χ3n) is 3.67. The molecule has 2 heterocycles. The average Bonchev–Trinajstić information content (AvgIpc) is 2.61. The Morgan fingerprint density at radius 2 is 2.04 bits per heavy atom. The average molecular weight is 327 g/mol. The van der Waals surface area contributed by atoms with Gasteiger partial charge in [-0.25, -0.2) is 0 Å². The molecule has 1 N–H and O–H groups in total. The Kier molecular flexibility index (Phi) is 6.88. The molecule has 0 bridgehead atoms. The first kappa shape index (κ1) is 18.1. The van der Waals surface area contributed by atoms with Crippen LogP contribution in [0.25, 0.3) is 0 Å². The smallest absolute Gasteiger partial charge is 0.117 e. The van der Waals surface area contributed by atoms with Crippen molar-refractivity contribution in [2.45, 2.75) is 39.7 Å². The fraction of sp³-hybridized carbons (Fsp3) is 0.421. The van der Waals surface area contributed by atoms with Crippen molar-refractivity contribution in [3.8, 4) is 0 Å². The van der Waals surface area contributed by atoms with Crippen LogP contribution in [-0.4, -0.2) is 27.4 Å². The van der Waals surface area contributed by atoms with Crippen LogP contribution in [-0.2, 0) is 11.3 Å². The molecule has 0 aliphatic rings. The van der Waals surface area contributed by atoms with E-state index in [4.69, 9.17) is 4.84 Å². The topological polar surface area (TPSA) is 67.6 Å². The second-order valence-corrected chi connectivity index (χ2v) is 6.07. The third-order valence-corrected chi connectivity index (χ3v) is 3.67. The largest absolute Gasteiger partial charge is 0.396 e. The SMILES string of the molecule is CC(=NOCCCc1cccc(C(O)C(C)C)n1)c1ccccn1. The molecule has 0 aliphatic heterocycles. The maximum Gasteiger partial charge on any atom is 0.117 e. The minimum Gasteiger partial charge on any atom is -0.396 e. The molecule has 0 radical (unpaired) electrons. The van der Waals surface area contributed by atoms with E-state index in [0.29, 0.717) is 6.61 Å². The Labute approximate surface area is 143 Å². The number of aryl methyl sites for hydroxylation is 1. The van der Waals surface area contributed by atoms with Gasteiger partial charge in [0.2, 0.25) is 0 Å². The van der Waals surface area contributed by atoms with Crippen LogP contribution in [0.15, 0.2) is 47.8 Å². The second-order valence-electron chi connectivity index (χ2n) is 6.07. The highest BCUT2D eigenvalue weighted by molar-refractivity contribution is 5.96. The van der Waals surface area contributed by atoms with Crippen LogP contribution in [0.4, 0.5) is 0 Å². The summed E-state index contributed by atoms with van der Waals surface area (Å²) < 4.78 is 0. The van der Waals surface area contributed by atoms with Crippen LogP contribution >= 0.6 is 0 Å². The highest BCUT2D eigenvalue weighted by atomic mass is 16.6. The Morgan fingerprint density at radius 1 is 1.21 bits per heavy atom. The molecule has 0 spiro atoms. The van der Waals surface area contributed by atoms with E-state index >= 15 is 0 Å². The number of aliphatic hydroxyl groups is 1. The molecule has 2 aromatic heterocycles. The second kappa shape index (κ2) is 9.13. The number of pyridine rings is 2. The van der Waals surface area contributed by atoms with Gasteiger partial charge in [-0.3, -0.25) is 9.97 Å². The normalized spacial score (nSPS) is 13.1. The van der Waals surface area contributed by atoms with Crippen LogP contribution in [0, 0.1) is 5.92 Å². The van der Waals surface area contributed by atoms with Gasteiger partial charge in [0.25, 0.3) is 0 Å². The van der Waals surface area contributed by atoms with E-state index in [2.05, 4.69) is 15.1 Å². The van der Waals surface area contributed by atoms with Gasteiger partial charge >= 0.3 is 0 Å². The van der Waals surface area contributed by atoms with E-state index in [1.54, 1.807) is 6.20 Å². The van der Waals surface area contributed by atoms with Gasteiger partial charge in [0, 0.05) is 11.9 Å². The minimum atomic E-state index is -0.521. The molecule has 24 heavy (non-hydrogen) atoms. The lowest BCUT2D eigenvalue weighted by Gasteiger charge is -2.14. The van der Waals surface area contributed by atoms with Crippen molar-refractivity contribution in [3.05, 3.63) is 59.7 Å². The molecule has 2 rings (SSSR count). The predicted octanol–water partition coefficient (Wildman–Crippen LogP) is 3.54. The van der Waals surface area contributed by atoms with E-state index in [1.165, 1.54) is 0 Å². The molecule has 0 aromatic carbocycles. The first-order valence-corrected chi connectivity index (χ1v) is 8.30. The molecule has 5 heteroatoms. The van der Waals surface area contributed by atoms with Crippen LogP contribution in [0.3, 0.4) is 0 Å². The molecule has 1 atom stereocenters. The molecule has 1 unspecified atom stereocenters. The summed E-state index contributed by atoms with van der Waals surface area (Å²) in [7, 11) is 0. The Hall–Kier alpha value is -2.27. The van der Waals surface area contributed by atoms with Crippen molar-refractivity contribution in [2.24, 2.45) is 11.1 Å². The first-order valence-electron chi connectivity index (χ1n) is 8.30. The maximum absolute atomic E-state index is 10.1. The minimum absolute atomic E-state index is 0.153. The van der Waals surface area contributed by atoms with Gasteiger partial charge in [-0.2, -0.15) is 0 Å². The summed E-state index contributed by atoms with van der Waals surface area (Å²) in [6.45, 7) is 6.35. The molecular weight excluding hydrogens is 302 g/mol. The van der Waals surface area contributed by atoms with Crippen molar-refractivity contribution in [1.82, 2.24) is 9.97 Å². The van der Waals surface area contributed by atoms with Crippen molar-refractivity contribution in [2.75, 3.05) is 6.61 Å². The van der Waals surface area contributed by atoms with Crippen molar-refractivity contribution in [1.29, 1.82) is 0 Å². The number of hydrogen-bond donors (Lipinski definition) is 1. The molecule has 128 valence electrons. The number of rotatable bonds is 8. The van der Waals surface area contributed by atoms with E-state index in [9.17, 15) is 5.11 Å². The summed E-state index contributed by atoms with van der Waals surface area (Å²) >= 11 is 0. The Morgan fingerprint density at radius 3 is 2.75 bits per heavy atom. The van der Waals surface area contributed by atoms with Crippen LogP contribution in [0.5, 0.6) is 0 Å². The highest BCUT2D eigenvalue weighted by Crippen LogP contribution is 2.19. The lowest BCUT2D eigenvalue weighted by atomic mass is 10.0. The number of oxime groups is 1. The molecule has 0 aliphatic carbocycles. The number of nitrogens with zero attached hydrogens (tertiary/aromatic N) is 3. The third kappa shape index (κ3) is 5.42. The van der Waals surface area contributed by atoms with Crippen molar-refractivity contribution >= 4 is 5.71 Å². The first-order chi connectivity index (χ1) is 11.6. The Balaban J connectivity index is 1.79. The van der Waals surface area contributed by atoms with E-state index in [0.717, 1.165) is 35.6 Å². The fourth-order valence-electron chi connectivity index (χ4n) is 2.23. The van der Waals surface area contributed by atoms with Crippen molar-refractivity contribution < 1.29 is 9.94 Å². The summed E-state index contributed by atoms with van der Waals surface area (Å²) in [5.74, 6) is 0.153. The summed E-state index contributed by atoms with van der Waals surface area (Å²) in [5.41, 5.74) is 3.26. The lowest BCUT2D eigenvalue weighted by molar-refractivity contribution is 0.122. The summed E-state index contributed by atoms with van der Waals surface area (Å²) in [5, 5.41) is 14.2. The van der Waals surface area contributed by atoms with Crippen molar-refractivity contribution in [3.63, 3.8) is 0 Å². The van der Waals surface area contributed by atoms with E-state index < -0.39 is 6.10 Å². The molecule has 0 amide bonds. The number of hydrogen-bond acceptors (Lipinski definition) is 5. The molecule has 2 aromatic rings. The number of aliphatic hydroxyl groups excluding tert-OH is 1. The number of aromatic nitrogens is 2. The maximum atomic E-state index is 10.1. The van der Waals surface area contributed by atoms with Gasteiger partial charge in [0.15, 0.2) is 0 Å². The van der Waals surface area contributed by atoms with Crippen LogP contribution in [0.2, 0.25) is 0 Å². The summed E-state index contributed by atoms with van der Waals surface area (Å²) in [4.78, 5) is 14.1. The zero-order valence-corrected chi connectivity index (χ0v) is 14.5. The van der Waals surface area contributed by atoms with Gasteiger partial charge in [0.05, 0.1) is 17.5 Å². The Bertz CT molecular complexity index is 657. The quantitative estimate of drug-likeness (QED) is 0.457. The van der Waals surface area contributed by atoms with Gasteiger partial charge in [0.1, 0.15) is 12.3 Å². The van der Waals surface area contributed by atoms with Gasteiger partial charge in [-0.1, -0.05) is 31.1 Å². The summed E-state index contributed by atoms with van der Waals surface area (Å²) in [6.07, 6.45) is 2.81. The van der Waals surface area contributed by atoms with Gasteiger partial charge in [-0.15, -0.1) is 0 Å². The van der Waals surface area contributed by atoms with Crippen LogP contribution < -0.4 is 0 Å². The van der Waals surface area contributed by atoms with Gasteiger partial charge < -0.3 is 9.94 Å². The van der Waals surface area contributed by atoms with E-state index in [-0.39, 0.29) is 5.92 Å². The summed E-state index contributed by atoms with van der Waals surface area (Å²) in [6, 6.07) is 11.5. The van der Waals surface area contributed by atoms with Gasteiger partial charge in [-0.05, 0) is 49.9 Å². The molecule has 0 saturated heterocycles. The molecule has 0 fully saturated rings. The zero-order valence-electron chi connectivity index (χ0n) is 14.5. The molecule has 0 saturated carbocycles. The molecular formula is C19H25N3O2. The zero-order chi connectivity index (χ0) is 17.4. The monoisotopic (exact) mass is 327 g/mol. The lowest BCUT2D eigenvalue weighted by Crippen LogP contribution is -2.09. The fourth-order valence-corrected chi connectivity index (χ4v) is 2.23. The molecule has 5 nitrogen and oxygen atoms in total.